The first-order valence-corrected chi connectivity index (χ1v) is 8.28. The molecular weight excluding hydrogens is 302 g/mol. The summed E-state index contributed by atoms with van der Waals surface area (Å²) in [6.45, 7) is 1.91. The summed E-state index contributed by atoms with van der Waals surface area (Å²) in [4.78, 5) is 12.6. The van der Waals surface area contributed by atoms with E-state index in [1.165, 1.54) is 0 Å². The van der Waals surface area contributed by atoms with Crippen LogP contribution in [0.25, 0.3) is 0 Å². The molecule has 3 N–H and O–H groups in total. The van der Waals surface area contributed by atoms with Gasteiger partial charge in [0.2, 0.25) is 0 Å². The molecule has 0 radical (unpaired) electrons. The van der Waals surface area contributed by atoms with E-state index < -0.39 is 0 Å². The molecule has 0 bridgehead atoms. The van der Waals surface area contributed by atoms with Crippen LogP contribution in [-0.2, 0) is 0 Å². The Morgan fingerprint density at radius 3 is 2.50 bits per heavy atom. The number of piperidine rings is 1. The molecule has 1 aliphatic rings. The Balaban J connectivity index is 1.72. The van der Waals surface area contributed by atoms with Crippen molar-refractivity contribution in [1.29, 1.82) is 0 Å². The van der Waals surface area contributed by atoms with E-state index in [0.717, 1.165) is 43.1 Å². The highest BCUT2D eigenvalue weighted by Gasteiger charge is 2.18. The monoisotopic (exact) mass is 325 g/mol. The van der Waals surface area contributed by atoms with E-state index in [-0.39, 0.29) is 11.9 Å². The predicted molar refractivity (Wildman–Crippen MR) is 96.1 cm³/mol. The third-order valence-corrected chi connectivity index (χ3v) is 4.22. The first-order chi connectivity index (χ1) is 11.8. The molecule has 1 heterocycles. The lowest BCUT2D eigenvalue weighted by atomic mass is 10.1. The van der Waals surface area contributed by atoms with Crippen molar-refractivity contribution in [3.05, 3.63) is 54.1 Å². The highest BCUT2D eigenvalue weighted by Crippen LogP contribution is 2.23. The summed E-state index contributed by atoms with van der Waals surface area (Å²) in [6.07, 6.45) is 1.94. The van der Waals surface area contributed by atoms with Crippen molar-refractivity contribution in [2.45, 2.75) is 18.9 Å². The second-order valence-electron chi connectivity index (χ2n) is 5.90. The fraction of sp³-hybridized carbons (Fsp3) is 0.316. The Morgan fingerprint density at radius 1 is 1.08 bits per heavy atom. The molecule has 1 saturated heterocycles. The molecular formula is C19H23N3O2. The number of carbonyl (C=O) groups is 1. The van der Waals surface area contributed by atoms with Crippen LogP contribution in [0.2, 0.25) is 0 Å². The number of nitrogens with one attached hydrogen (secondary N) is 3. The summed E-state index contributed by atoms with van der Waals surface area (Å²) >= 11 is 0. The number of hydrogen-bond donors (Lipinski definition) is 3. The molecule has 0 aromatic heterocycles. The van der Waals surface area contributed by atoms with Crippen LogP contribution in [0, 0.1) is 0 Å². The zero-order valence-electron chi connectivity index (χ0n) is 13.8. The Kier molecular flexibility index (Phi) is 5.33. The number of rotatable bonds is 5. The van der Waals surface area contributed by atoms with Crippen molar-refractivity contribution >= 4 is 17.3 Å². The standard InChI is InChI=1S/C19H23N3O2/c1-24-16-8-6-14(7-9-16)21-18-5-3-2-4-17(18)19(23)22-15-10-12-20-13-11-15/h2-9,15,20-21H,10-13H2,1H3,(H,22,23). The van der Waals surface area contributed by atoms with Crippen molar-refractivity contribution in [3.8, 4) is 5.75 Å². The zero-order valence-corrected chi connectivity index (χ0v) is 13.8. The van der Waals surface area contributed by atoms with Crippen LogP contribution >= 0.6 is 0 Å². The maximum absolute atomic E-state index is 12.6. The predicted octanol–water partition coefficient (Wildman–Crippen LogP) is 2.92. The van der Waals surface area contributed by atoms with Gasteiger partial charge in [-0.05, 0) is 62.3 Å². The average Bonchev–Trinajstić information content (AvgIpc) is 2.63. The molecule has 3 rings (SSSR count). The first kappa shape index (κ1) is 16.3. The fourth-order valence-electron chi connectivity index (χ4n) is 2.85. The lowest BCUT2D eigenvalue weighted by Crippen LogP contribution is -2.42. The van der Waals surface area contributed by atoms with Gasteiger partial charge in [0.1, 0.15) is 5.75 Å². The van der Waals surface area contributed by atoms with Crippen molar-refractivity contribution in [2.75, 3.05) is 25.5 Å². The van der Waals surface area contributed by atoms with Crippen LogP contribution in [0.3, 0.4) is 0 Å². The van der Waals surface area contributed by atoms with Gasteiger partial charge < -0.3 is 20.7 Å². The summed E-state index contributed by atoms with van der Waals surface area (Å²) in [7, 11) is 1.64. The number of ether oxygens (including phenoxy) is 1. The Bertz CT molecular complexity index is 679. The SMILES string of the molecule is COc1ccc(Nc2ccccc2C(=O)NC2CCNCC2)cc1. The van der Waals surface area contributed by atoms with Crippen LogP contribution in [0.15, 0.2) is 48.5 Å². The minimum absolute atomic E-state index is 0.0292. The minimum Gasteiger partial charge on any atom is -0.497 e. The fourth-order valence-corrected chi connectivity index (χ4v) is 2.85. The molecule has 1 aliphatic heterocycles. The normalized spacial score (nSPS) is 14.9. The molecule has 1 amide bonds. The van der Waals surface area contributed by atoms with E-state index in [2.05, 4.69) is 16.0 Å². The summed E-state index contributed by atoms with van der Waals surface area (Å²) in [6, 6.07) is 15.5. The van der Waals surface area contributed by atoms with E-state index in [4.69, 9.17) is 4.74 Å². The van der Waals surface area contributed by atoms with Gasteiger partial charge in [-0.25, -0.2) is 0 Å². The molecule has 5 nitrogen and oxygen atoms in total. The number of hydrogen-bond acceptors (Lipinski definition) is 4. The maximum Gasteiger partial charge on any atom is 0.253 e. The highest BCUT2D eigenvalue weighted by molar-refractivity contribution is 6.00. The Hall–Kier alpha value is -2.53. The van der Waals surface area contributed by atoms with Crippen LogP contribution in [0.4, 0.5) is 11.4 Å². The topological polar surface area (TPSA) is 62.4 Å². The van der Waals surface area contributed by atoms with Crippen molar-refractivity contribution < 1.29 is 9.53 Å². The molecule has 126 valence electrons. The molecule has 24 heavy (non-hydrogen) atoms. The average molecular weight is 325 g/mol. The minimum atomic E-state index is -0.0292. The smallest absolute Gasteiger partial charge is 0.253 e. The molecule has 2 aromatic carbocycles. The zero-order chi connectivity index (χ0) is 16.8. The van der Waals surface area contributed by atoms with E-state index >= 15 is 0 Å². The lowest BCUT2D eigenvalue weighted by molar-refractivity contribution is 0.0930. The van der Waals surface area contributed by atoms with Gasteiger partial charge in [0, 0.05) is 11.7 Å². The third-order valence-electron chi connectivity index (χ3n) is 4.22. The van der Waals surface area contributed by atoms with Gasteiger partial charge in [-0.1, -0.05) is 12.1 Å². The van der Waals surface area contributed by atoms with E-state index in [9.17, 15) is 4.79 Å². The summed E-state index contributed by atoms with van der Waals surface area (Å²) in [5.41, 5.74) is 2.37. The first-order valence-electron chi connectivity index (χ1n) is 8.28. The molecule has 1 fully saturated rings. The molecule has 2 aromatic rings. The Labute approximate surface area is 142 Å². The van der Waals surface area contributed by atoms with Crippen LogP contribution < -0.4 is 20.7 Å². The molecule has 0 spiro atoms. The van der Waals surface area contributed by atoms with Gasteiger partial charge >= 0.3 is 0 Å². The largest absolute Gasteiger partial charge is 0.497 e. The third kappa shape index (κ3) is 4.06. The Morgan fingerprint density at radius 2 is 1.79 bits per heavy atom. The number of amides is 1. The number of methoxy groups -OCH3 is 1. The van der Waals surface area contributed by atoms with Gasteiger partial charge in [0.05, 0.1) is 18.4 Å². The van der Waals surface area contributed by atoms with E-state index in [1.54, 1.807) is 7.11 Å². The number of carbonyl (C=O) groups excluding carboxylic acids is 1. The number of benzene rings is 2. The van der Waals surface area contributed by atoms with E-state index in [1.807, 2.05) is 48.5 Å². The number of para-hydroxylation sites is 1. The van der Waals surface area contributed by atoms with Gasteiger partial charge in [-0.15, -0.1) is 0 Å². The second kappa shape index (κ2) is 7.84. The molecule has 0 aliphatic carbocycles. The van der Waals surface area contributed by atoms with Crippen LogP contribution in [-0.4, -0.2) is 32.1 Å². The molecule has 0 atom stereocenters. The summed E-state index contributed by atoms with van der Waals surface area (Å²) in [5, 5.41) is 9.76. The van der Waals surface area contributed by atoms with Crippen molar-refractivity contribution in [3.63, 3.8) is 0 Å². The second-order valence-corrected chi connectivity index (χ2v) is 5.90. The van der Waals surface area contributed by atoms with Crippen molar-refractivity contribution in [1.82, 2.24) is 10.6 Å². The van der Waals surface area contributed by atoms with Gasteiger partial charge in [0.15, 0.2) is 0 Å². The van der Waals surface area contributed by atoms with Crippen LogP contribution in [0.5, 0.6) is 5.75 Å². The van der Waals surface area contributed by atoms with Gasteiger partial charge in [0.25, 0.3) is 5.91 Å². The van der Waals surface area contributed by atoms with Gasteiger partial charge in [-0.2, -0.15) is 0 Å². The summed E-state index contributed by atoms with van der Waals surface area (Å²) in [5.74, 6) is 0.774. The van der Waals surface area contributed by atoms with Crippen LogP contribution in [0.1, 0.15) is 23.2 Å². The molecule has 0 saturated carbocycles. The molecule has 0 unspecified atom stereocenters. The summed E-state index contributed by atoms with van der Waals surface area (Å²) < 4.78 is 5.17. The molecule has 5 heteroatoms. The van der Waals surface area contributed by atoms with Crippen molar-refractivity contribution in [2.24, 2.45) is 0 Å². The van der Waals surface area contributed by atoms with E-state index in [0.29, 0.717) is 5.56 Å². The maximum atomic E-state index is 12.6. The quantitative estimate of drug-likeness (QED) is 0.791. The highest BCUT2D eigenvalue weighted by atomic mass is 16.5. The van der Waals surface area contributed by atoms with Gasteiger partial charge in [-0.3, -0.25) is 4.79 Å². The lowest BCUT2D eigenvalue weighted by Gasteiger charge is -2.24. The number of anilines is 2.